The zero-order valence-corrected chi connectivity index (χ0v) is 21.5. The van der Waals surface area contributed by atoms with Crippen LogP contribution in [0.4, 0.5) is 10.5 Å². The molecule has 7 heteroatoms. The van der Waals surface area contributed by atoms with Crippen molar-refractivity contribution in [1.82, 2.24) is 14.7 Å². The fourth-order valence-corrected chi connectivity index (χ4v) is 5.20. The molecule has 190 valence electrons. The molecule has 2 heterocycles. The molecule has 2 aliphatic rings. The Morgan fingerprint density at radius 3 is 1.84 bits per heavy atom. The summed E-state index contributed by atoms with van der Waals surface area (Å²) in [4.78, 5) is 44.2. The smallest absolute Gasteiger partial charge is 0.321 e. The Balaban J connectivity index is 1.26. The summed E-state index contributed by atoms with van der Waals surface area (Å²) in [7, 11) is 0. The number of benzene rings is 3. The quantitative estimate of drug-likeness (QED) is 0.515. The number of fused-ring (bicyclic) bond motifs is 1. The van der Waals surface area contributed by atoms with E-state index >= 15 is 0 Å². The number of amides is 4. The van der Waals surface area contributed by atoms with Crippen molar-refractivity contribution in [2.45, 2.75) is 32.4 Å². The molecule has 1 N–H and O–H groups in total. The molecule has 0 saturated carbocycles. The average Bonchev–Trinajstić information content (AvgIpc) is 3.15. The van der Waals surface area contributed by atoms with Gasteiger partial charge in [0.1, 0.15) is 0 Å². The first-order valence-electron chi connectivity index (χ1n) is 12.7. The maximum absolute atomic E-state index is 13.1. The van der Waals surface area contributed by atoms with Gasteiger partial charge in [-0.15, -0.1) is 0 Å². The maximum Gasteiger partial charge on any atom is 0.321 e. The van der Waals surface area contributed by atoms with Crippen LogP contribution >= 0.6 is 0 Å². The van der Waals surface area contributed by atoms with E-state index in [0.717, 1.165) is 13.1 Å². The molecule has 5 rings (SSSR count). The van der Waals surface area contributed by atoms with Crippen LogP contribution in [0.2, 0.25) is 0 Å². The Bertz CT molecular complexity index is 1270. The predicted octanol–water partition coefficient (Wildman–Crippen LogP) is 5.02. The number of rotatable bonds is 4. The van der Waals surface area contributed by atoms with E-state index in [0.29, 0.717) is 29.9 Å². The number of urea groups is 1. The molecule has 2 aliphatic heterocycles. The van der Waals surface area contributed by atoms with E-state index in [4.69, 9.17) is 0 Å². The van der Waals surface area contributed by atoms with Gasteiger partial charge >= 0.3 is 6.03 Å². The lowest BCUT2D eigenvalue weighted by Crippen LogP contribution is -2.51. The Kier molecular flexibility index (Phi) is 6.56. The summed E-state index contributed by atoms with van der Waals surface area (Å²) >= 11 is 0. The van der Waals surface area contributed by atoms with Crippen molar-refractivity contribution in [3.8, 4) is 0 Å². The Labute approximate surface area is 217 Å². The Hall–Kier alpha value is -3.97. The molecule has 1 fully saturated rings. The van der Waals surface area contributed by atoms with Gasteiger partial charge in [-0.1, -0.05) is 60.7 Å². The molecule has 0 aliphatic carbocycles. The topological polar surface area (TPSA) is 73.0 Å². The largest absolute Gasteiger partial charge is 0.322 e. The Morgan fingerprint density at radius 2 is 1.30 bits per heavy atom. The molecular weight excluding hydrogens is 464 g/mol. The molecule has 1 saturated heterocycles. The van der Waals surface area contributed by atoms with Crippen molar-refractivity contribution in [1.29, 1.82) is 0 Å². The molecule has 0 unspecified atom stereocenters. The lowest BCUT2D eigenvalue weighted by atomic mass is 9.96. The van der Waals surface area contributed by atoms with E-state index in [1.165, 1.54) is 16.0 Å². The van der Waals surface area contributed by atoms with E-state index < -0.39 is 5.54 Å². The van der Waals surface area contributed by atoms with Gasteiger partial charge in [0.2, 0.25) is 0 Å². The molecular formula is C30H32N4O3. The third kappa shape index (κ3) is 4.87. The summed E-state index contributed by atoms with van der Waals surface area (Å²) in [5, 5.41) is 2.92. The zero-order chi connectivity index (χ0) is 26.2. The number of piperazine rings is 1. The van der Waals surface area contributed by atoms with Crippen LogP contribution in [0.3, 0.4) is 0 Å². The molecule has 37 heavy (non-hydrogen) atoms. The van der Waals surface area contributed by atoms with Gasteiger partial charge in [-0.3, -0.25) is 19.4 Å². The van der Waals surface area contributed by atoms with E-state index in [-0.39, 0.29) is 23.9 Å². The monoisotopic (exact) mass is 496 g/mol. The summed E-state index contributed by atoms with van der Waals surface area (Å²) in [6.45, 7) is 8.13. The summed E-state index contributed by atoms with van der Waals surface area (Å²) in [5.74, 6) is -0.627. The standard InChI is InChI=1S/C30H32N4O3/c1-30(2,3)34-27(35)24-15-14-23(20-25(24)28(34)36)31-29(37)33-18-16-32(17-19-33)26(21-10-6-4-7-11-21)22-12-8-5-9-13-22/h4-15,20,26H,16-19H2,1-3H3,(H,31,37). The number of hydrogen-bond acceptors (Lipinski definition) is 4. The summed E-state index contributed by atoms with van der Waals surface area (Å²) in [6, 6.07) is 25.7. The third-order valence-electron chi connectivity index (χ3n) is 7.01. The van der Waals surface area contributed by atoms with Gasteiger partial charge in [0.15, 0.2) is 0 Å². The summed E-state index contributed by atoms with van der Waals surface area (Å²) < 4.78 is 0. The van der Waals surface area contributed by atoms with Crippen molar-refractivity contribution < 1.29 is 14.4 Å². The minimum absolute atomic E-state index is 0.124. The highest BCUT2D eigenvalue weighted by Gasteiger charge is 2.42. The zero-order valence-electron chi connectivity index (χ0n) is 21.5. The SMILES string of the molecule is CC(C)(C)N1C(=O)c2ccc(NC(=O)N3CCN(C(c4ccccc4)c4ccccc4)CC3)cc2C1=O. The minimum atomic E-state index is -0.617. The minimum Gasteiger partial charge on any atom is -0.322 e. The van der Waals surface area contributed by atoms with Gasteiger partial charge in [-0.25, -0.2) is 4.79 Å². The number of nitrogens with zero attached hydrogens (tertiary/aromatic N) is 3. The van der Waals surface area contributed by atoms with Crippen LogP contribution in [0, 0.1) is 0 Å². The second-order valence-electron chi connectivity index (χ2n) is 10.6. The lowest BCUT2D eigenvalue weighted by molar-refractivity contribution is 0.0507. The number of carbonyl (C=O) groups is 3. The molecule has 0 spiro atoms. The number of nitrogens with one attached hydrogen (secondary N) is 1. The second-order valence-corrected chi connectivity index (χ2v) is 10.6. The molecule has 7 nitrogen and oxygen atoms in total. The van der Waals surface area contributed by atoms with Crippen LogP contribution in [0.5, 0.6) is 0 Å². The van der Waals surface area contributed by atoms with Gasteiger partial charge in [0, 0.05) is 37.4 Å². The normalized spacial score (nSPS) is 16.3. The molecule has 4 amide bonds. The van der Waals surface area contributed by atoms with Crippen molar-refractivity contribution in [2.24, 2.45) is 0 Å². The Morgan fingerprint density at radius 1 is 0.757 bits per heavy atom. The van der Waals surface area contributed by atoms with E-state index in [1.54, 1.807) is 23.1 Å². The number of carbonyl (C=O) groups excluding carboxylic acids is 3. The maximum atomic E-state index is 13.1. The number of imide groups is 1. The molecule has 0 atom stereocenters. The van der Waals surface area contributed by atoms with Gasteiger partial charge < -0.3 is 10.2 Å². The molecule has 0 aromatic heterocycles. The fourth-order valence-electron chi connectivity index (χ4n) is 5.20. The highest BCUT2D eigenvalue weighted by Crippen LogP contribution is 2.32. The van der Waals surface area contributed by atoms with Gasteiger partial charge in [0.25, 0.3) is 11.8 Å². The third-order valence-corrected chi connectivity index (χ3v) is 7.01. The predicted molar refractivity (Wildman–Crippen MR) is 144 cm³/mol. The van der Waals surface area contributed by atoms with Crippen LogP contribution < -0.4 is 5.32 Å². The van der Waals surface area contributed by atoms with Crippen molar-refractivity contribution in [3.05, 3.63) is 101 Å². The fraction of sp³-hybridized carbons (Fsp3) is 0.300. The summed E-state index contributed by atoms with van der Waals surface area (Å²) in [5.41, 5.74) is 3.06. The molecule has 3 aromatic carbocycles. The first-order valence-corrected chi connectivity index (χ1v) is 12.7. The molecule has 3 aromatic rings. The van der Waals surface area contributed by atoms with Gasteiger partial charge in [0.05, 0.1) is 17.2 Å². The molecule has 0 bridgehead atoms. The summed E-state index contributed by atoms with van der Waals surface area (Å²) in [6.07, 6.45) is 0. The highest BCUT2D eigenvalue weighted by molar-refractivity contribution is 6.22. The lowest BCUT2D eigenvalue weighted by Gasteiger charge is -2.39. The second kappa shape index (κ2) is 9.82. The van der Waals surface area contributed by atoms with Crippen LogP contribution in [-0.4, -0.2) is 64.3 Å². The average molecular weight is 497 g/mol. The first kappa shape index (κ1) is 24.7. The first-order chi connectivity index (χ1) is 17.7. The van der Waals surface area contributed by atoms with E-state index in [2.05, 4.69) is 58.7 Å². The van der Waals surface area contributed by atoms with Gasteiger partial charge in [-0.05, 0) is 50.1 Å². The number of hydrogen-bond donors (Lipinski definition) is 1. The van der Waals surface area contributed by atoms with Crippen molar-refractivity contribution in [2.75, 3.05) is 31.5 Å². The molecule has 0 radical (unpaired) electrons. The van der Waals surface area contributed by atoms with Crippen LogP contribution in [0.15, 0.2) is 78.9 Å². The van der Waals surface area contributed by atoms with Crippen molar-refractivity contribution in [3.63, 3.8) is 0 Å². The van der Waals surface area contributed by atoms with Crippen molar-refractivity contribution >= 4 is 23.5 Å². The van der Waals surface area contributed by atoms with Crippen LogP contribution in [0.25, 0.3) is 0 Å². The van der Waals surface area contributed by atoms with Crippen LogP contribution in [0.1, 0.15) is 58.7 Å². The van der Waals surface area contributed by atoms with E-state index in [1.807, 2.05) is 32.9 Å². The van der Waals surface area contributed by atoms with E-state index in [9.17, 15) is 14.4 Å². The van der Waals surface area contributed by atoms with Gasteiger partial charge in [-0.2, -0.15) is 0 Å². The van der Waals surface area contributed by atoms with Crippen LogP contribution in [-0.2, 0) is 0 Å². The highest BCUT2D eigenvalue weighted by atomic mass is 16.2. The number of anilines is 1.